The van der Waals surface area contributed by atoms with Crippen molar-refractivity contribution >= 4 is 22.5 Å². The van der Waals surface area contributed by atoms with E-state index in [1.54, 1.807) is 7.05 Å². The van der Waals surface area contributed by atoms with Gasteiger partial charge in [0.1, 0.15) is 0 Å². The number of anilines is 1. The molecule has 0 bridgehead atoms. The van der Waals surface area contributed by atoms with Gasteiger partial charge < -0.3 is 25.1 Å². The first-order valence-electron chi connectivity index (χ1n) is 9.68. The van der Waals surface area contributed by atoms with Gasteiger partial charge in [-0.05, 0) is 37.1 Å². The predicted octanol–water partition coefficient (Wildman–Crippen LogP) is 3.87. The lowest BCUT2D eigenvalue weighted by Crippen LogP contribution is -2.32. The van der Waals surface area contributed by atoms with Gasteiger partial charge in [-0.2, -0.15) is 0 Å². The molecule has 0 spiro atoms. The Kier molecular flexibility index (Phi) is 5.37. The monoisotopic (exact) mass is 378 g/mol. The van der Waals surface area contributed by atoms with E-state index in [2.05, 4.69) is 51.8 Å². The highest BCUT2D eigenvalue weighted by Crippen LogP contribution is 2.32. The molecule has 0 saturated heterocycles. The number of ether oxygens (including phenoxy) is 2. The number of aromatic nitrogens is 1. The molecule has 0 amide bonds. The number of fused-ring (bicyclic) bond motifs is 2. The summed E-state index contributed by atoms with van der Waals surface area (Å²) in [5.41, 5.74) is 4.66. The first kappa shape index (κ1) is 18.2. The van der Waals surface area contributed by atoms with Crippen molar-refractivity contribution < 1.29 is 9.47 Å². The second-order valence-electron chi connectivity index (χ2n) is 6.86. The predicted molar refractivity (Wildman–Crippen MR) is 114 cm³/mol. The van der Waals surface area contributed by atoms with Gasteiger partial charge in [0.05, 0.1) is 13.2 Å². The molecule has 6 heteroatoms. The molecular formula is C22H26N4O2. The van der Waals surface area contributed by atoms with Crippen LogP contribution in [-0.4, -0.2) is 37.7 Å². The van der Waals surface area contributed by atoms with E-state index in [9.17, 15) is 0 Å². The summed E-state index contributed by atoms with van der Waals surface area (Å²) in [6, 6.07) is 14.3. The number of nitrogens with one attached hydrogen (secondary N) is 3. The second-order valence-corrected chi connectivity index (χ2v) is 6.86. The molecule has 3 aromatic rings. The number of aliphatic imine (C=N–C) groups is 1. The molecule has 2 aromatic carbocycles. The van der Waals surface area contributed by atoms with Crippen LogP contribution in [-0.2, 0) is 6.42 Å². The van der Waals surface area contributed by atoms with Crippen molar-refractivity contribution in [3.05, 3.63) is 53.7 Å². The highest BCUT2D eigenvalue weighted by molar-refractivity contribution is 5.94. The van der Waals surface area contributed by atoms with Gasteiger partial charge in [-0.25, -0.2) is 0 Å². The minimum Gasteiger partial charge on any atom is -0.490 e. The molecule has 1 aromatic heterocycles. The molecule has 4 rings (SSSR count). The summed E-state index contributed by atoms with van der Waals surface area (Å²) < 4.78 is 11.4. The molecule has 28 heavy (non-hydrogen) atoms. The van der Waals surface area contributed by atoms with Crippen LogP contribution in [0, 0.1) is 6.92 Å². The Bertz CT molecular complexity index is 993. The third-order valence-electron chi connectivity index (χ3n) is 4.93. The minimum atomic E-state index is 0.674. The van der Waals surface area contributed by atoms with Gasteiger partial charge in [-0.1, -0.05) is 18.2 Å². The Labute approximate surface area is 165 Å². The molecule has 3 N–H and O–H groups in total. The van der Waals surface area contributed by atoms with Crippen molar-refractivity contribution in [1.29, 1.82) is 0 Å². The maximum Gasteiger partial charge on any atom is 0.195 e. The van der Waals surface area contributed by atoms with E-state index in [1.807, 2.05) is 18.2 Å². The normalized spacial score (nSPS) is 14.0. The Hall–Kier alpha value is -3.15. The summed E-state index contributed by atoms with van der Waals surface area (Å²) in [7, 11) is 1.77. The summed E-state index contributed by atoms with van der Waals surface area (Å²) in [6.07, 6.45) is 1.81. The third kappa shape index (κ3) is 3.91. The lowest BCUT2D eigenvalue weighted by Gasteiger charge is -2.14. The fourth-order valence-electron chi connectivity index (χ4n) is 3.52. The van der Waals surface area contributed by atoms with Crippen molar-refractivity contribution in [2.75, 3.05) is 32.1 Å². The number of rotatable bonds is 4. The summed E-state index contributed by atoms with van der Waals surface area (Å²) in [4.78, 5) is 7.79. The largest absolute Gasteiger partial charge is 0.490 e. The van der Waals surface area contributed by atoms with Gasteiger partial charge in [-0.15, -0.1) is 0 Å². The molecule has 0 aliphatic carbocycles. The minimum absolute atomic E-state index is 0.674. The summed E-state index contributed by atoms with van der Waals surface area (Å²) >= 11 is 0. The van der Waals surface area contributed by atoms with E-state index in [-0.39, 0.29) is 0 Å². The summed E-state index contributed by atoms with van der Waals surface area (Å²) in [6.45, 7) is 4.27. The van der Waals surface area contributed by atoms with Crippen molar-refractivity contribution in [3.63, 3.8) is 0 Å². The van der Waals surface area contributed by atoms with Crippen LogP contribution in [0.15, 0.2) is 47.5 Å². The van der Waals surface area contributed by atoms with Crippen LogP contribution in [0.1, 0.15) is 17.7 Å². The zero-order valence-electron chi connectivity index (χ0n) is 16.3. The van der Waals surface area contributed by atoms with Crippen molar-refractivity contribution in [3.8, 4) is 11.5 Å². The van der Waals surface area contributed by atoms with E-state index < -0.39 is 0 Å². The zero-order chi connectivity index (χ0) is 19.3. The Morgan fingerprint density at radius 3 is 2.79 bits per heavy atom. The number of hydrogen-bond acceptors (Lipinski definition) is 3. The number of hydrogen-bond donors (Lipinski definition) is 3. The first-order valence-corrected chi connectivity index (χ1v) is 9.68. The van der Waals surface area contributed by atoms with Crippen LogP contribution in [0.5, 0.6) is 11.5 Å². The SMILES string of the molecule is CN=C(NCCc1c(C)[nH]c2ccccc12)Nc1ccc2c(c1)OCCCO2. The highest BCUT2D eigenvalue weighted by Gasteiger charge is 2.12. The van der Waals surface area contributed by atoms with Crippen LogP contribution in [0.25, 0.3) is 10.9 Å². The summed E-state index contributed by atoms with van der Waals surface area (Å²) in [5.74, 6) is 2.29. The van der Waals surface area contributed by atoms with Crippen molar-refractivity contribution in [2.45, 2.75) is 19.8 Å². The standard InChI is InChI=1S/C22H26N4O2/c1-15-17(18-6-3-4-7-19(18)25-15)10-11-24-22(23-2)26-16-8-9-20-21(14-16)28-13-5-12-27-20/h3-4,6-9,14,25H,5,10-13H2,1-2H3,(H2,23,24,26). The molecule has 0 saturated carbocycles. The number of aryl methyl sites for hydroxylation is 1. The van der Waals surface area contributed by atoms with Crippen LogP contribution in [0.2, 0.25) is 0 Å². The Morgan fingerprint density at radius 1 is 1.11 bits per heavy atom. The van der Waals surface area contributed by atoms with E-state index in [4.69, 9.17) is 9.47 Å². The van der Waals surface area contributed by atoms with Crippen LogP contribution in [0.3, 0.4) is 0 Å². The number of H-pyrrole nitrogens is 1. The van der Waals surface area contributed by atoms with Gasteiger partial charge in [-0.3, -0.25) is 4.99 Å². The molecule has 2 heterocycles. The Morgan fingerprint density at radius 2 is 1.93 bits per heavy atom. The lowest BCUT2D eigenvalue weighted by atomic mass is 10.1. The van der Waals surface area contributed by atoms with Gasteiger partial charge in [0.15, 0.2) is 17.5 Å². The van der Waals surface area contributed by atoms with Crippen molar-refractivity contribution in [1.82, 2.24) is 10.3 Å². The van der Waals surface area contributed by atoms with E-state index in [0.29, 0.717) is 13.2 Å². The topological polar surface area (TPSA) is 70.7 Å². The molecular weight excluding hydrogens is 352 g/mol. The molecule has 0 unspecified atom stereocenters. The number of para-hydroxylation sites is 1. The quantitative estimate of drug-likeness (QED) is 0.476. The average Bonchev–Trinajstić information content (AvgIpc) is 2.88. The highest BCUT2D eigenvalue weighted by atomic mass is 16.5. The second kappa shape index (κ2) is 8.25. The van der Waals surface area contributed by atoms with E-state index in [1.165, 1.54) is 22.2 Å². The Balaban J connectivity index is 1.39. The number of aromatic amines is 1. The third-order valence-corrected chi connectivity index (χ3v) is 4.93. The molecule has 1 aliphatic rings. The number of benzene rings is 2. The fourth-order valence-corrected chi connectivity index (χ4v) is 3.52. The van der Waals surface area contributed by atoms with Gasteiger partial charge in [0.2, 0.25) is 0 Å². The van der Waals surface area contributed by atoms with Crippen LogP contribution in [0.4, 0.5) is 5.69 Å². The molecule has 0 fully saturated rings. The number of guanidine groups is 1. The molecule has 0 radical (unpaired) electrons. The van der Waals surface area contributed by atoms with Crippen molar-refractivity contribution in [2.24, 2.45) is 4.99 Å². The molecule has 1 aliphatic heterocycles. The smallest absolute Gasteiger partial charge is 0.195 e. The van der Waals surface area contributed by atoms with Gasteiger partial charge >= 0.3 is 0 Å². The first-order chi connectivity index (χ1) is 13.7. The zero-order valence-corrected chi connectivity index (χ0v) is 16.3. The summed E-state index contributed by atoms with van der Waals surface area (Å²) in [5, 5.41) is 8.00. The maximum atomic E-state index is 5.76. The van der Waals surface area contributed by atoms with Gasteiger partial charge in [0, 0.05) is 48.4 Å². The number of nitrogens with zero attached hydrogens (tertiary/aromatic N) is 1. The van der Waals surface area contributed by atoms with E-state index in [0.717, 1.165) is 42.5 Å². The van der Waals surface area contributed by atoms with Crippen LogP contribution < -0.4 is 20.1 Å². The average molecular weight is 378 g/mol. The molecule has 146 valence electrons. The maximum absolute atomic E-state index is 5.76. The fraction of sp³-hybridized carbons (Fsp3) is 0.318. The van der Waals surface area contributed by atoms with Gasteiger partial charge in [0.25, 0.3) is 0 Å². The molecule has 0 atom stereocenters. The van der Waals surface area contributed by atoms with E-state index >= 15 is 0 Å². The van der Waals surface area contributed by atoms with Crippen LogP contribution >= 0.6 is 0 Å². The molecule has 6 nitrogen and oxygen atoms in total. The lowest BCUT2D eigenvalue weighted by molar-refractivity contribution is 0.297.